The number of halogens is 2. The van der Waals surface area contributed by atoms with E-state index in [1.165, 1.54) is 22.5 Å². The molecular formula is C21H16BrClN2O3S. The fourth-order valence-electron chi connectivity index (χ4n) is 3.29. The Balaban J connectivity index is 1.67. The second-order valence-corrected chi connectivity index (χ2v) is 9.72. The van der Waals surface area contributed by atoms with Gasteiger partial charge in [0.1, 0.15) is 4.90 Å². The minimum Gasteiger partial charge on any atom is -0.322 e. The molecule has 0 spiro atoms. The van der Waals surface area contributed by atoms with E-state index in [1.807, 2.05) is 18.2 Å². The molecule has 1 heterocycles. The van der Waals surface area contributed by atoms with Crippen LogP contribution in [0.5, 0.6) is 0 Å². The first-order chi connectivity index (χ1) is 13.9. The first kappa shape index (κ1) is 19.9. The van der Waals surface area contributed by atoms with Crippen LogP contribution in [0.2, 0.25) is 5.02 Å². The highest BCUT2D eigenvalue weighted by molar-refractivity contribution is 9.10. The zero-order valence-corrected chi connectivity index (χ0v) is 18.3. The smallest absolute Gasteiger partial charge is 0.265 e. The van der Waals surface area contributed by atoms with Crippen molar-refractivity contribution < 1.29 is 13.2 Å². The zero-order valence-electron chi connectivity index (χ0n) is 15.1. The van der Waals surface area contributed by atoms with Crippen LogP contribution in [0.1, 0.15) is 15.9 Å². The Hall–Kier alpha value is -2.35. The number of nitrogens with zero attached hydrogens (tertiary/aromatic N) is 1. The molecule has 0 saturated carbocycles. The maximum Gasteiger partial charge on any atom is 0.265 e. The minimum atomic E-state index is -3.90. The van der Waals surface area contributed by atoms with Crippen molar-refractivity contribution in [2.45, 2.75) is 11.3 Å². The number of rotatable bonds is 4. The molecule has 0 unspecified atom stereocenters. The lowest BCUT2D eigenvalue weighted by Crippen LogP contribution is -2.29. The van der Waals surface area contributed by atoms with E-state index < -0.39 is 15.9 Å². The lowest BCUT2D eigenvalue weighted by Gasteiger charge is -2.20. The minimum absolute atomic E-state index is 0.0772. The van der Waals surface area contributed by atoms with Crippen LogP contribution in [0.4, 0.5) is 11.4 Å². The summed E-state index contributed by atoms with van der Waals surface area (Å²) >= 11 is 9.58. The predicted octanol–water partition coefficient (Wildman–Crippen LogP) is 5.11. The molecule has 0 fully saturated rings. The van der Waals surface area contributed by atoms with Crippen LogP contribution in [-0.2, 0) is 16.4 Å². The van der Waals surface area contributed by atoms with Crippen LogP contribution in [0.3, 0.4) is 0 Å². The van der Waals surface area contributed by atoms with Crippen LogP contribution in [0, 0.1) is 0 Å². The van der Waals surface area contributed by atoms with Gasteiger partial charge in [0.2, 0.25) is 0 Å². The number of para-hydroxylation sites is 1. The average Bonchev–Trinajstić information content (AvgIpc) is 3.13. The number of hydrogen-bond acceptors (Lipinski definition) is 3. The van der Waals surface area contributed by atoms with E-state index in [0.717, 1.165) is 10.0 Å². The highest BCUT2D eigenvalue weighted by Gasteiger charge is 2.32. The molecule has 0 aromatic heterocycles. The lowest BCUT2D eigenvalue weighted by atomic mass is 10.2. The molecule has 0 atom stereocenters. The fraction of sp³-hybridized carbons (Fsp3) is 0.0952. The zero-order chi connectivity index (χ0) is 20.6. The van der Waals surface area contributed by atoms with Gasteiger partial charge < -0.3 is 5.32 Å². The standard InChI is InChI=1S/C21H16BrClN2O3S/c22-16-5-3-6-17(13-16)24-21(26)15-8-9-18(23)20(12-15)29(27,28)25-11-10-14-4-1-2-7-19(14)25/h1-9,12-13H,10-11H2,(H,24,26). The van der Waals surface area contributed by atoms with Crippen molar-refractivity contribution in [2.24, 2.45) is 0 Å². The monoisotopic (exact) mass is 490 g/mol. The molecule has 3 aromatic carbocycles. The van der Waals surface area contributed by atoms with Crippen LogP contribution < -0.4 is 9.62 Å². The van der Waals surface area contributed by atoms with Gasteiger partial charge in [0, 0.05) is 22.3 Å². The second kappa shape index (κ2) is 7.82. The Kier molecular flexibility index (Phi) is 5.38. The largest absolute Gasteiger partial charge is 0.322 e. The van der Waals surface area contributed by atoms with Crippen LogP contribution in [-0.4, -0.2) is 20.9 Å². The molecule has 5 nitrogen and oxygen atoms in total. The van der Waals surface area contributed by atoms with Crippen molar-refractivity contribution in [2.75, 3.05) is 16.2 Å². The Morgan fingerprint density at radius 1 is 1.03 bits per heavy atom. The quantitative estimate of drug-likeness (QED) is 0.552. The molecule has 1 aliphatic heterocycles. The van der Waals surface area contributed by atoms with Crippen LogP contribution in [0.25, 0.3) is 0 Å². The number of anilines is 2. The summed E-state index contributed by atoms with van der Waals surface area (Å²) in [5, 5.41) is 2.84. The average molecular weight is 492 g/mol. The Morgan fingerprint density at radius 2 is 1.83 bits per heavy atom. The second-order valence-electron chi connectivity index (χ2n) is 6.57. The van der Waals surface area contributed by atoms with E-state index in [9.17, 15) is 13.2 Å². The van der Waals surface area contributed by atoms with E-state index in [2.05, 4.69) is 21.2 Å². The van der Waals surface area contributed by atoms with Gasteiger partial charge in [-0.3, -0.25) is 9.10 Å². The maximum absolute atomic E-state index is 13.3. The number of sulfonamides is 1. The van der Waals surface area contributed by atoms with Crippen LogP contribution >= 0.6 is 27.5 Å². The molecule has 29 heavy (non-hydrogen) atoms. The molecule has 148 valence electrons. The van der Waals surface area contributed by atoms with Crippen LogP contribution in [0.15, 0.2) is 76.1 Å². The van der Waals surface area contributed by atoms with Gasteiger partial charge in [-0.1, -0.05) is 51.8 Å². The van der Waals surface area contributed by atoms with Crippen molar-refractivity contribution in [1.82, 2.24) is 0 Å². The van der Waals surface area contributed by atoms with Crippen molar-refractivity contribution in [1.29, 1.82) is 0 Å². The van der Waals surface area contributed by atoms with Gasteiger partial charge in [-0.15, -0.1) is 0 Å². The summed E-state index contributed by atoms with van der Waals surface area (Å²) < 4.78 is 28.8. The third-order valence-corrected chi connectivity index (χ3v) is 7.48. The number of carbonyl (C=O) groups excluding carboxylic acids is 1. The van der Waals surface area contributed by atoms with Crippen molar-refractivity contribution in [3.05, 3.63) is 87.4 Å². The number of nitrogens with one attached hydrogen (secondary N) is 1. The third-order valence-electron chi connectivity index (χ3n) is 4.69. The Bertz CT molecular complexity index is 1210. The molecular weight excluding hydrogens is 476 g/mol. The van der Waals surface area contributed by atoms with Gasteiger partial charge in [-0.05, 0) is 54.4 Å². The number of hydrogen-bond donors (Lipinski definition) is 1. The van der Waals surface area contributed by atoms with E-state index >= 15 is 0 Å². The Morgan fingerprint density at radius 3 is 2.62 bits per heavy atom. The Labute approximate surface area is 182 Å². The summed E-state index contributed by atoms with van der Waals surface area (Å²) in [6, 6.07) is 18.8. The summed E-state index contributed by atoms with van der Waals surface area (Å²) in [6.45, 7) is 0.340. The van der Waals surface area contributed by atoms with Crippen molar-refractivity contribution in [3.63, 3.8) is 0 Å². The molecule has 3 aromatic rings. The number of carbonyl (C=O) groups is 1. The summed E-state index contributed by atoms with van der Waals surface area (Å²) in [6.07, 6.45) is 0.635. The molecule has 1 aliphatic rings. The highest BCUT2D eigenvalue weighted by atomic mass is 79.9. The van der Waals surface area contributed by atoms with Gasteiger partial charge in [0.05, 0.1) is 10.7 Å². The summed E-state index contributed by atoms with van der Waals surface area (Å²) in [5.74, 6) is -0.418. The first-order valence-corrected chi connectivity index (χ1v) is 11.4. The van der Waals surface area contributed by atoms with E-state index in [-0.39, 0.29) is 15.5 Å². The van der Waals surface area contributed by atoms with E-state index in [4.69, 9.17) is 11.6 Å². The van der Waals surface area contributed by atoms with Gasteiger partial charge in [0.15, 0.2) is 0 Å². The van der Waals surface area contributed by atoms with Gasteiger partial charge in [-0.25, -0.2) is 8.42 Å². The number of amides is 1. The van der Waals surface area contributed by atoms with E-state index in [1.54, 1.807) is 30.3 Å². The predicted molar refractivity (Wildman–Crippen MR) is 118 cm³/mol. The molecule has 8 heteroatoms. The topological polar surface area (TPSA) is 66.5 Å². The van der Waals surface area contributed by atoms with Crippen molar-refractivity contribution >= 4 is 54.8 Å². The van der Waals surface area contributed by atoms with Gasteiger partial charge in [-0.2, -0.15) is 0 Å². The maximum atomic E-state index is 13.3. The third kappa shape index (κ3) is 3.90. The molecule has 0 radical (unpaired) electrons. The summed E-state index contributed by atoms with van der Waals surface area (Å²) in [5.41, 5.74) is 2.42. The highest BCUT2D eigenvalue weighted by Crippen LogP contribution is 2.35. The number of benzene rings is 3. The van der Waals surface area contributed by atoms with Crippen molar-refractivity contribution in [3.8, 4) is 0 Å². The molecule has 1 N–H and O–H groups in total. The lowest BCUT2D eigenvalue weighted by molar-refractivity contribution is 0.102. The SMILES string of the molecule is O=C(Nc1cccc(Br)c1)c1ccc(Cl)c(S(=O)(=O)N2CCc3ccccc32)c1. The van der Waals surface area contributed by atoms with E-state index in [0.29, 0.717) is 24.3 Å². The molecule has 1 amide bonds. The summed E-state index contributed by atoms with van der Waals surface area (Å²) in [4.78, 5) is 12.6. The van der Waals surface area contributed by atoms with Gasteiger partial charge in [0.25, 0.3) is 15.9 Å². The molecule has 0 saturated heterocycles. The molecule has 0 bridgehead atoms. The fourth-order valence-corrected chi connectivity index (χ4v) is 5.69. The summed E-state index contributed by atoms with van der Waals surface area (Å²) in [7, 11) is -3.90. The molecule has 0 aliphatic carbocycles. The van der Waals surface area contributed by atoms with Gasteiger partial charge >= 0.3 is 0 Å². The molecule has 4 rings (SSSR count). The first-order valence-electron chi connectivity index (χ1n) is 8.83. The number of fused-ring (bicyclic) bond motifs is 1. The normalized spacial score (nSPS) is 13.2.